The van der Waals surface area contributed by atoms with Crippen LogP contribution in [0.1, 0.15) is 40.5 Å². The van der Waals surface area contributed by atoms with Gasteiger partial charge in [0.15, 0.2) is 0 Å². The summed E-state index contributed by atoms with van der Waals surface area (Å²) in [4.78, 5) is 0. The zero-order valence-electron chi connectivity index (χ0n) is 8.85. The average Bonchev–Trinajstić information content (AvgIpc) is 1.98. The lowest BCUT2D eigenvalue weighted by atomic mass is 10.0. The van der Waals surface area contributed by atoms with Crippen LogP contribution in [-0.4, -0.2) is 23.8 Å². The summed E-state index contributed by atoms with van der Waals surface area (Å²) in [6.07, 6.45) is 1.99. The molecule has 0 heterocycles. The van der Waals surface area contributed by atoms with E-state index in [1.54, 1.807) is 0 Å². The van der Waals surface area contributed by atoms with Gasteiger partial charge in [0.2, 0.25) is 0 Å². The first kappa shape index (κ1) is 11.9. The quantitative estimate of drug-likeness (QED) is 0.600. The van der Waals surface area contributed by atoms with Crippen LogP contribution in [0.3, 0.4) is 0 Å². The summed E-state index contributed by atoms with van der Waals surface area (Å²) >= 11 is 0. The molecule has 2 heteroatoms. The van der Waals surface area contributed by atoms with E-state index in [1.165, 1.54) is 6.42 Å². The van der Waals surface area contributed by atoms with Crippen molar-refractivity contribution in [1.82, 2.24) is 5.32 Å². The third kappa shape index (κ3) is 6.62. The van der Waals surface area contributed by atoms with E-state index >= 15 is 0 Å². The Morgan fingerprint density at radius 2 is 2.00 bits per heavy atom. The Morgan fingerprint density at radius 3 is 2.42 bits per heavy atom. The molecule has 74 valence electrons. The molecule has 2 nitrogen and oxygen atoms in total. The molecule has 0 aromatic rings. The Morgan fingerprint density at radius 1 is 1.42 bits per heavy atom. The zero-order chi connectivity index (χ0) is 9.61. The van der Waals surface area contributed by atoms with Crippen LogP contribution in [0.15, 0.2) is 0 Å². The van der Waals surface area contributed by atoms with E-state index in [1.807, 2.05) is 13.8 Å². The molecule has 0 aromatic heterocycles. The molecule has 0 aliphatic rings. The summed E-state index contributed by atoms with van der Waals surface area (Å²) in [6.45, 7) is 10.0. The van der Waals surface area contributed by atoms with Crippen molar-refractivity contribution >= 4 is 0 Å². The number of rotatable bonds is 6. The van der Waals surface area contributed by atoms with Crippen LogP contribution in [-0.2, 0) is 0 Å². The molecule has 0 bridgehead atoms. The fourth-order valence-corrected chi connectivity index (χ4v) is 0.873. The van der Waals surface area contributed by atoms with Crippen LogP contribution in [0.5, 0.6) is 0 Å². The van der Waals surface area contributed by atoms with Crippen molar-refractivity contribution in [1.29, 1.82) is 0 Å². The van der Waals surface area contributed by atoms with Gasteiger partial charge >= 0.3 is 0 Å². The maximum atomic E-state index is 9.63. The first-order valence-corrected chi connectivity index (χ1v) is 4.91. The molecular formula is C10H23NO. The minimum Gasteiger partial charge on any atom is -0.389 e. The van der Waals surface area contributed by atoms with E-state index in [2.05, 4.69) is 19.2 Å². The molecule has 0 radical (unpaired) electrons. The third-order valence-electron chi connectivity index (χ3n) is 2.17. The lowest BCUT2D eigenvalue weighted by Crippen LogP contribution is -2.37. The van der Waals surface area contributed by atoms with Gasteiger partial charge < -0.3 is 10.4 Å². The van der Waals surface area contributed by atoms with Gasteiger partial charge in [0, 0.05) is 6.54 Å². The van der Waals surface area contributed by atoms with Gasteiger partial charge in [-0.3, -0.25) is 0 Å². The van der Waals surface area contributed by atoms with Crippen molar-refractivity contribution < 1.29 is 5.11 Å². The minimum absolute atomic E-state index is 0.531. The number of hydrogen-bond acceptors (Lipinski definition) is 2. The van der Waals surface area contributed by atoms with Crippen molar-refractivity contribution in [2.75, 3.05) is 13.1 Å². The molecule has 0 aliphatic heterocycles. The van der Waals surface area contributed by atoms with Crippen molar-refractivity contribution in [3.63, 3.8) is 0 Å². The van der Waals surface area contributed by atoms with E-state index < -0.39 is 5.60 Å². The fourth-order valence-electron chi connectivity index (χ4n) is 0.873. The van der Waals surface area contributed by atoms with Crippen LogP contribution in [0.25, 0.3) is 0 Å². The SMILES string of the molecule is CCC(C)(O)CNCCC(C)C. The molecule has 2 N–H and O–H groups in total. The van der Waals surface area contributed by atoms with Crippen LogP contribution in [0.2, 0.25) is 0 Å². The van der Waals surface area contributed by atoms with Crippen molar-refractivity contribution in [3.05, 3.63) is 0 Å². The van der Waals surface area contributed by atoms with Gasteiger partial charge in [-0.25, -0.2) is 0 Å². The number of nitrogens with one attached hydrogen (secondary N) is 1. The topological polar surface area (TPSA) is 32.3 Å². The summed E-state index contributed by atoms with van der Waals surface area (Å²) in [5, 5.41) is 12.9. The van der Waals surface area contributed by atoms with Gasteiger partial charge in [0.05, 0.1) is 5.60 Å². The van der Waals surface area contributed by atoms with E-state index in [4.69, 9.17) is 0 Å². The van der Waals surface area contributed by atoms with Crippen LogP contribution >= 0.6 is 0 Å². The molecule has 0 amide bonds. The Balaban J connectivity index is 3.31. The van der Waals surface area contributed by atoms with Crippen molar-refractivity contribution in [2.45, 2.75) is 46.1 Å². The highest BCUT2D eigenvalue weighted by atomic mass is 16.3. The molecule has 1 unspecified atom stereocenters. The third-order valence-corrected chi connectivity index (χ3v) is 2.17. The number of hydrogen-bond donors (Lipinski definition) is 2. The molecule has 12 heavy (non-hydrogen) atoms. The highest BCUT2D eigenvalue weighted by molar-refractivity contribution is 4.72. The van der Waals surface area contributed by atoms with E-state index in [9.17, 15) is 5.11 Å². The summed E-state index contributed by atoms with van der Waals surface area (Å²) in [7, 11) is 0. The smallest absolute Gasteiger partial charge is 0.0740 e. The lowest BCUT2D eigenvalue weighted by molar-refractivity contribution is 0.0558. The standard InChI is InChI=1S/C10H23NO/c1-5-10(4,12)8-11-7-6-9(2)3/h9,11-12H,5-8H2,1-4H3. The van der Waals surface area contributed by atoms with Gasteiger partial charge in [-0.15, -0.1) is 0 Å². The van der Waals surface area contributed by atoms with Gasteiger partial charge in [0.1, 0.15) is 0 Å². The summed E-state index contributed by atoms with van der Waals surface area (Å²) in [5.74, 6) is 0.740. The first-order chi connectivity index (χ1) is 5.48. The predicted molar refractivity (Wildman–Crippen MR) is 53.2 cm³/mol. The normalized spacial score (nSPS) is 16.5. The highest BCUT2D eigenvalue weighted by Gasteiger charge is 2.15. The van der Waals surface area contributed by atoms with Gasteiger partial charge in [-0.2, -0.15) is 0 Å². The van der Waals surface area contributed by atoms with E-state index in [0.29, 0.717) is 6.54 Å². The molecule has 0 aromatic carbocycles. The Kier molecular flexibility index (Phi) is 5.51. The van der Waals surface area contributed by atoms with Crippen LogP contribution in [0.4, 0.5) is 0 Å². The largest absolute Gasteiger partial charge is 0.389 e. The van der Waals surface area contributed by atoms with Gasteiger partial charge in [-0.1, -0.05) is 20.8 Å². The highest BCUT2D eigenvalue weighted by Crippen LogP contribution is 2.06. The molecule has 0 aliphatic carbocycles. The first-order valence-electron chi connectivity index (χ1n) is 4.91. The molecule has 0 rings (SSSR count). The number of aliphatic hydroxyl groups is 1. The molecular weight excluding hydrogens is 150 g/mol. The van der Waals surface area contributed by atoms with Crippen molar-refractivity contribution in [2.24, 2.45) is 5.92 Å². The molecule has 1 atom stereocenters. The van der Waals surface area contributed by atoms with E-state index in [-0.39, 0.29) is 0 Å². The predicted octanol–water partition coefficient (Wildman–Crippen LogP) is 1.78. The maximum Gasteiger partial charge on any atom is 0.0740 e. The summed E-state index contributed by atoms with van der Waals surface area (Å²) in [6, 6.07) is 0. The average molecular weight is 173 g/mol. The monoisotopic (exact) mass is 173 g/mol. The van der Waals surface area contributed by atoms with Gasteiger partial charge in [-0.05, 0) is 32.2 Å². The Bertz CT molecular complexity index is 110. The molecule has 0 spiro atoms. The Hall–Kier alpha value is -0.0800. The van der Waals surface area contributed by atoms with Crippen LogP contribution < -0.4 is 5.32 Å². The molecule has 0 saturated heterocycles. The summed E-state index contributed by atoms with van der Waals surface area (Å²) < 4.78 is 0. The Labute approximate surface area is 76.4 Å². The van der Waals surface area contributed by atoms with E-state index in [0.717, 1.165) is 18.9 Å². The molecule has 0 saturated carbocycles. The second kappa shape index (κ2) is 5.55. The lowest BCUT2D eigenvalue weighted by Gasteiger charge is -2.21. The summed E-state index contributed by atoms with van der Waals surface area (Å²) in [5.41, 5.74) is -0.531. The van der Waals surface area contributed by atoms with Crippen LogP contribution in [0, 0.1) is 5.92 Å². The fraction of sp³-hybridized carbons (Fsp3) is 1.00. The zero-order valence-corrected chi connectivity index (χ0v) is 8.85. The second-order valence-electron chi connectivity index (χ2n) is 4.21. The molecule has 0 fully saturated rings. The van der Waals surface area contributed by atoms with Gasteiger partial charge in [0.25, 0.3) is 0 Å². The second-order valence-corrected chi connectivity index (χ2v) is 4.21. The minimum atomic E-state index is -0.531. The van der Waals surface area contributed by atoms with Crippen molar-refractivity contribution in [3.8, 4) is 0 Å². The maximum absolute atomic E-state index is 9.63.